The number of carbonyl (C=O) groups excluding carboxylic acids is 1. The number of nitrogens with one attached hydrogen (secondary N) is 1. The van der Waals surface area contributed by atoms with Gasteiger partial charge in [0.25, 0.3) is 11.6 Å². The fourth-order valence-corrected chi connectivity index (χ4v) is 1.75. The molecular formula is C16H15N3O4. The SMILES string of the molecule is Cc1ccc(OCC(=O)N/N=C\c2ccccc2[N+](=O)[O-])cc1. The Hall–Kier alpha value is -3.22. The minimum atomic E-state index is -0.510. The Morgan fingerprint density at radius 3 is 2.65 bits per heavy atom. The van der Waals surface area contributed by atoms with Crippen LogP contribution in [0.1, 0.15) is 11.1 Å². The van der Waals surface area contributed by atoms with Crippen LogP contribution < -0.4 is 10.2 Å². The molecule has 0 fully saturated rings. The number of rotatable bonds is 6. The monoisotopic (exact) mass is 313 g/mol. The van der Waals surface area contributed by atoms with Crippen molar-refractivity contribution in [2.45, 2.75) is 6.92 Å². The number of carbonyl (C=O) groups is 1. The van der Waals surface area contributed by atoms with E-state index in [1.54, 1.807) is 24.3 Å². The van der Waals surface area contributed by atoms with Crippen molar-refractivity contribution in [3.8, 4) is 5.75 Å². The van der Waals surface area contributed by atoms with Crippen LogP contribution >= 0.6 is 0 Å². The van der Waals surface area contributed by atoms with Crippen LogP contribution in [0.5, 0.6) is 5.75 Å². The number of nitro groups is 1. The van der Waals surface area contributed by atoms with Gasteiger partial charge in [-0.2, -0.15) is 5.10 Å². The van der Waals surface area contributed by atoms with Gasteiger partial charge in [0.15, 0.2) is 6.61 Å². The summed E-state index contributed by atoms with van der Waals surface area (Å²) >= 11 is 0. The van der Waals surface area contributed by atoms with Crippen molar-refractivity contribution in [2.75, 3.05) is 6.61 Å². The summed E-state index contributed by atoms with van der Waals surface area (Å²) in [6.45, 7) is 1.76. The van der Waals surface area contributed by atoms with Crippen LogP contribution in [0.25, 0.3) is 0 Å². The number of para-hydroxylation sites is 1. The number of hydrogen-bond acceptors (Lipinski definition) is 5. The number of ether oxygens (including phenoxy) is 1. The molecule has 0 radical (unpaired) electrons. The van der Waals surface area contributed by atoms with Crippen molar-refractivity contribution in [2.24, 2.45) is 5.10 Å². The van der Waals surface area contributed by atoms with Crippen LogP contribution in [0.3, 0.4) is 0 Å². The molecule has 0 atom stereocenters. The summed E-state index contributed by atoms with van der Waals surface area (Å²) < 4.78 is 5.29. The van der Waals surface area contributed by atoms with E-state index in [2.05, 4.69) is 10.5 Å². The van der Waals surface area contributed by atoms with E-state index in [9.17, 15) is 14.9 Å². The van der Waals surface area contributed by atoms with E-state index in [4.69, 9.17) is 4.74 Å². The standard InChI is InChI=1S/C16H15N3O4/c1-12-6-8-14(9-7-12)23-11-16(20)18-17-10-13-4-2-3-5-15(13)19(21)22/h2-10H,11H2,1H3,(H,18,20)/b17-10-. The second kappa shape index (κ2) is 7.69. The minimum absolute atomic E-state index is 0.0820. The third kappa shape index (κ3) is 4.92. The van der Waals surface area contributed by atoms with E-state index in [-0.39, 0.29) is 12.3 Å². The third-order valence-electron chi connectivity index (χ3n) is 2.92. The van der Waals surface area contributed by atoms with Gasteiger partial charge in [-0.3, -0.25) is 14.9 Å². The number of benzene rings is 2. The van der Waals surface area contributed by atoms with Gasteiger partial charge in [0.05, 0.1) is 16.7 Å². The summed E-state index contributed by atoms with van der Waals surface area (Å²) in [5, 5.41) is 14.5. The van der Waals surface area contributed by atoms with Crippen molar-refractivity contribution in [3.05, 3.63) is 69.8 Å². The Labute approximate surface area is 132 Å². The molecule has 2 aromatic carbocycles. The zero-order valence-electron chi connectivity index (χ0n) is 12.4. The molecule has 2 rings (SSSR count). The summed E-state index contributed by atoms with van der Waals surface area (Å²) in [4.78, 5) is 21.9. The van der Waals surface area contributed by atoms with Gasteiger partial charge in [0.1, 0.15) is 5.75 Å². The number of nitro benzene ring substituents is 1. The van der Waals surface area contributed by atoms with Crippen molar-refractivity contribution >= 4 is 17.8 Å². The van der Waals surface area contributed by atoms with Gasteiger partial charge in [-0.05, 0) is 25.1 Å². The van der Waals surface area contributed by atoms with E-state index in [1.165, 1.54) is 18.3 Å². The molecule has 1 N–H and O–H groups in total. The Kier molecular flexibility index (Phi) is 5.40. The lowest BCUT2D eigenvalue weighted by molar-refractivity contribution is -0.385. The van der Waals surface area contributed by atoms with E-state index >= 15 is 0 Å². The fraction of sp³-hybridized carbons (Fsp3) is 0.125. The van der Waals surface area contributed by atoms with Gasteiger partial charge in [-0.1, -0.05) is 29.8 Å². The summed E-state index contributed by atoms with van der Waals surface area (Å²) in [5.41, 5.74) is 3.58. The number of hydrogen-bond donors (Lipinski definition) is 1. The van der Waals surface area contributed by atoms with Gasteiger partial charge >= 0.3 is 0 Å². The maximum absolute atomic E-state index is 11.6. The molecule has 0 spiro atoms. The highest BCUT2D eigenvalue weighted by atomic mass is 16.6. The Balaban J connectivity index is 1.87. The third-order valence-corrected chi connectivity index (χ3v) is 2.92. The summed E-state index contributed by atoms with van der Waals surface area (Å²) in [7, 11) is 0. The molecule has 0 aromatic heterocycles. The molecule has 0 aliphatic heterocycles. The molecule has 0 aliphatic carbocycles. The zero-order chi connectivity index (χ0) is 16.7. The first-order chi connectivity index (χ1) is 11.1. The van der Waals surface area contributed by atoms with Crippen molar-refractivity contribution in [1.82, 2.24) is 5.43 Å². The molecule has 0 saturated carbocycles. The predicted octanol–water partition coefficient (Wildman–Crippen LogP) is 2.43. The lowest BCUT2D eigenvalue weighted by atomic mass is 10.2. The van der Waals surface area contributed by atoms with Gasteiger partial charge < -0.3 is 4.74 Å². The molecule has 23 heavy (non-hydrogen) atoms. The molecule has 7 nitrogen and oxygen atoms in total. The molecule has 2 aromatic rings. The highest BCUT2D eigenvalue weighted by Gasteiger charge is 2.10. The van der Waals surface area contributed by atoms with Gasteiger partial charge in [0.2, 0.25) is 0 Å². The average Bonchev–Trinajstić information content (AvgIpc) is 2.54. The number of nitrogens with zero attached hydrogens (tertiary/aromatic N) is 2. The Morgan fingerprint density at radius 1 is 1.26 bits per heavy atom. The minimum Gasteiger partial charge on any atom is -0.484 e. The largest absolute Gasteiger partial charge is 0.484 e. The molecule has 0 saturated heterocycles. The van der Waals surface area contributed by atoms with Crippen molar-refractivity contribution < 1.29 is 14.5 Å². The molecule has 1 amide bonds. The Morgan fingerprint density at radius 2 is 1.96 bits per heavy atom. The molecule has 0 unspecified atom stereocenters. The number of amides is 1. The summed E-state index contributed by atoms with van der Waals surface area (Å²) in [6.07, 6.45) is 1.22. The number of hydrazone groups is 1. The maximum atomic E-state index is 11.6. The lowest BCUT2D eigenvalue weighted by Crippen LogP contribution is -2.24. The molecule has 7 heteroatoms. The molecule has 0 bridgehead atoms. The summed E-state index contributed by atoms with van der Waals surface area (Å²) in [5.74, 6) is 0.119. The quantitative estimate of drug-likeness (QED) is 0.503. The first-order valence-electron chi connectivity index (χ1n) is 6.81. The first kappa shape index (κ1) is 16.2. The second-order valence-electron chi connectivity index (χ2n) is 4.71. The van der Waals surface area contributed by atoms with E-state index < -0.39 is 10.8 Å². The smallest absolute Gasteiger partial charge is 0.278 e. The van der Waals surface area contributed by atoms with Gasteiger partial charge in [0, 0.05) is 6.07 Å². The molecule has 0 heterocycles. The van der Waals surface area contributed by atoms with Crippen molar-refractivity contribution in [1.29, 1.82) is 0 Å². The lowest BCUT2D eigenvalue weighted by Gasteiger charge is -2.05. The normalized spacial score (nSPS) is 10.5. The fourth-order valence-electron chi connectivity index (χ4n) is 1.75. The maximum Gasteiger partial charge on any atom is 0.278 e. The van der Waals surface area contributed by atoms with Crippen LogP contribution in [-0.4, -0.2) is 23.7 Å². The number of aryl methyl sites for hydroxylation is 1. The molecular weight excluding hydrogens is 298 g/mol. The average molecular weight is 313 g/mol. The van der Waals surface area contributed by atoms with Gasteiger partial charge in [-0.15, -0.1) is 0 Å². The van der Waals surface area contributed by atoms with Crippen LogP contribution in [0, 0.1) is 17.0 Å². The highest BCUT2D eigenvalue weighted by Crippen LogP contribution is 2.15. The Bertz CT molecular complexity index is 726. The first-order valence-corrected chi connectivity index (χ1v) is 6.81. The van der Waals surface area contributed by atoms with E-state index in [0.717, 1.165) is 5.56 Å². The molecule has 118 valence electrons. The van der Waals surface area contributed by atoms with Crippen LogP contribution in [0.4, 0.5) is 5.69 Å². The summed E-state index contributed by atoms with van der Waals surface area (Å²) in [6, 6.07) is 13.4. The highest BCUT2D eigenvalue weighted by molar-refractivity contribution is 5.86. The predicted molar refractivity (Wildman–Crippen MR) is 85.5 cm³/mol. The molecule has 0 aliphatic rings. The van der Waals surface area contributed by atoms with Crippen LogP contribution in [-0.2, 0) is 4.79 Å². The topological polar surface area (TPSA) is 93.8 Å². The second-order valence-corrected chi connectivity index (χ2v) is 4.71. The van der Waals surface area contributed by atoms with E-state index in [1.807, 2.05) is 19.1 Å². The zero-order valence-corrected chi connectivity index (χ0v) is 12.4. The van der Waals surface area contributed by atoms with Crippen LogP contribution in [0.15, 0.2) is 53.6 Å². The van der Waals surface area contributed by atoms with Crippen LogP contribution in [0.2, 0.25) is 0 Å². The van der Waals surface area contributed by atoms with E-state index in [0.29, 0.717) is 11.3 Å². The van der Waals surface area contributed by atoms with Crippen molar-refractivity contribution in [3.63, 3.8) is 0 Å². The van der Waals surface area contributed by atoms with Gasteiger partial charge in [-0.25, -0.2) is 5.43 Å².